The van der Waals surface area contributed by atoms with E-state index in [0.717, 1.165) is 24.0 Å². The van der Waals surface area contributed by atoms with Crippen LogP contribution in [0, 0.1) is 17.0 Å². The second-order valence-electron chi connectivity index (χ2n) is 7.06. The zero-order valence-electron chi connectivity index (χ0n) is 17.6. The first kappa shape index (κ1) is 22.0. The summed E-state index contributed by atoms with van der Waals surface area (Å²) in [6.07, 6.45) is 1.15. The highest BCUT2D eigenvalue weighted by molar-refractivity contribution is 8.15. The number of nitro groups is 1. The number of phenols is 1. The first-order chi connectivity index (χ1) is 15.8. The van der Waals surface area contributed by atoms with Crippen LogP contribution in [0.2, 0.25) is 0 Å². The molecule has 0 radical (unpaired) electrons. The molecule has 0 bridgehead atoms. The van der Waals surface area contributed by atoms with Crippen molar-refractivity contribution in [2.75, 3.05) is 10.7 Å². The van der Waals surface area contributed by atoms with Crippen LogP contribution in [0.15, 0.2) is 63.5 Å². The quantitative estimate of drug-likeness (QED) is 0.349. The monoisotopic (exact) mass is 466 g/mol. The Kier molecular flexibility index (Phi) is 5.84. The number of amidine groups is 1. The lowest BCUT2D eigenvalue weighted by molar-refractivity contribution is -0.384. The molecular formula is C21H18N6O5S. The molecule has 12 heteroatoms. The van der Waals surface area contributed by atoms with Gasteiger partial charge in [-0.25, -0.2) is 9.58 Å². The molecule has 168 valence electrons. The molecule has 0 spiro atoms. The number of anilines is 1. The first-order valence-corrected chi connectivity index (χ1v) is 10.7. The number of benzene rings is 2. The standard InChI is InChI=1S/C21H18N6O5S/c1-13-19(20(30)26(24(13)2)15-6-4-3-5-7-15)25-18(29)12-33-21(25)23-22-11-14-10-16(27(31)32)8-9-17(14)28/h3-11,28H,12H2,1-2H3/b22-11+,23-21-. The Balaban J connectivity index is 1.72. The number of nitro benzene ring substituents is 1. The van der Waals surface area contributed by atoms with E-state index in [9.17, 15) is 24.8 Å². The topological polar surface area (TPSA) is 135 Å². The summed E-state index contributed by atoms with van der Waals surface area (Å²) in [5.74, 6) is -0.449. The van der Waals surface area contributed by atoms with Crippen molar-refractivity contribution in [3.05, 3.63) is 80.3 Å². The van der Waals surface area contributed by atoms with Gasteiger partial charge in [-0.2, -0.15) is 5.10 Å². The largest absolute Gasteiger partial charge is 0.507 e. The van der Waals surface area contributed by atoms with E-state index < -0.39 is 4.92 Å². The molecule has 0 unspecified atom stereocenters. The van der Waals surface area contributed by atoms with Gasteiger partial charge in [-0.15, -0.1) is 5.10 Å². The molecule has 1 aliphatic heterocycles. The zero-order chi connectivity index (χ0) is 23.7. The fourth-order valence-electron chi connectivity index (χ4n) is 3.37. The highest BCUT2D eigenvalue weighted by atomic mass is 32.2. The summed E-state index contributed by atoms with van der Waals surface area (Å²) in [7, 11) is 1.72. The minimum atomic E-state index is -0.591. The lowest BCUT2D eigenvalue weighted by Crippen LogP contribution is -2.34. The average Bonchev–Trinajstić information content (AvgIpc) is 3.25. The van der Waals surface area contributed by atoms with Crippen molar-refractivity contribution in [1.82, 2.24) is 9.36 Å². The van der Waals surface area contributed by atoms with E-state index in [1.165, 1.54) is 21.7 Å². The van der Waals surface area contributed by atoms with Crippen molar-refractivity contribution in [2.24, 2.45) is 17.3 Å². The fraction of sp³-hybridized carbons (Fsp3) is 0.143. The molecule has 1 fully saturated rings. The van der Waals surface area contributed by atoms with Crippen LogP contribution < -0.4 is 10.5 Å². The number of aromatic hydroxyl groups is 1. The van der Waals surface area contributed by atoms with Crippen LogP contribution in [0.3, 0.4) is 0 Å². The molecule has 33 heavy (non-hydrogen) atoms. The van der Waals surface area contributed by atoms with E-state index in [2.05, 4.69) is 10.2 Å². The maximum atomic E-state index is 13.3. The summed E-state index contributed by atoms with van der Waals surface area (Å²) in [4.78, 5) is 37.5. The molecule has 1 saturated heterocycles. The highest BCUT2D eigenvalue weighted by Gasteiger charge is 2.35. The maximum absolute atomic E-state index is 13.3. The fourth-order valence-corrected chi connectivity index (χ4v) is 4.18. The van der Waals surface area contributed by atoms with E-state index in [-0.39, 0.29) is 45.1 Å². The van der Waals surface area contributed by atoms with Crippen molar-refractivity contribution >= 4 is 40.4 Å². The third-order valence-corrected chi connectivity index (χ3v) is 5.99. The second kappa shape index (κ2) is 8.74. The van der Waals surface area contributed by atoms with Crippen molar-refractivity contribution in [3.8, 4) is 11.4 Å². The number of carbonyl (C=O) groups is 1. The zero-order valence-corrected chi connectivity index (χ0v) is 18.4. The van der Waals surface area contributed by atoms with Crippen LogP contribution in [0.25, 0.3) is 5.69 Å². The minimum Gasteiger partial charge on any atom is -0.507 e. The predicted octanol–water partition coefficient (Wildman–Crippen LogP) is 2.57. The molecule has 1 aromatic heterocycles. The van der Waals surface area contributed by atoms with Gasteiger partial charge in [0, 0.05) is 24.7 Å². The summed E-state index contributed by atoms with van der Waals surface area (Å²) < 4.78 is 3.12. The number of phenolic OH excluding ortho intramolecular Hbond substituents is 1. The van der Waals surface area contributed by atoms with Gasteiger partial charge in [-0.05, 0) is 25.1 Å². The number of non-ortho nitro benzene ring substituents is 1. The van der Waals surface area contributed by atoms with Crippen molar-refractivity contribution in [2.45, 2.75) is 6.92 Å². The van der Waals surface area contributed by atoms with E-state index >= 15 is 0 Å². The first-order valence-electron chi connectivity index (χ1n) is 9.68. The Morgan fingerprint density at radius 1 is 1.18 bits per heavy atom. The van der Waals surface area contributed by atoms with Crippen LogP contribution in [0.4, 0.5) is 11.4 Å². The molecule has 4 rings (SSSR count). The van der Waals surface area contributed by atoms with Gasteiger partial charge < -0.3 is 5.11 Å². The molecule has 3 aromatic rings. The van der Waals surface area contributed by atoms with E-state index in [1.54, 1.807) is 30.8 Å². The summed E-state index contributed by atoms with van der Waals surface area (Å²) >= 11 is 1.11. The van der Waals surface area contributed by atoms with Crippen LogP contribution in [-0.2, 0) is 11.8 Å². The third kappa shape index (κ3) is 4.03. The number of thioether (sulfide) groups is 1. The number of aromatic nitrogens is 2. The van der Waals surface area contributed by atoms with Gasteiger partial charge in [0.05, 0.1) is 28.3 Å². The van der Waals surface area contributed by atoms with Gasteiger partial charge in [-0.3, -0.25) is 24.4 Å². The SMILES string of the molecule is Cc1c(N2C(=O)CS/C2=N\N=C\c2cc([N+](=O)[O-])ccc2O)c(=O)n(-c2ccccc2)n1C. The number of hydrogen-bond acceptors (Lipinski definition) is 8. The molecule has 1 amide bonds. The normalized spacial score (nSPS) is 15.2. The number of para-hydroxylation sites is 1. The molecule has 0 atom stereocenters. The molecular weight excluding hydrogens is 448 g/mol. The van der Waals surface area contributed by atoms with Gasteiger partial charge >= 0.3 is 0 Å². The molecule has 1 N–H and O–H groups in total. The van der Waals surface area contributed by atoms with Gasteiger partial charge in [-0.1, -0.05) is 30.0 Å². The maximum Gasteiger partial charge on any atom is 0.296 e. The smallest absolute Gasteiger partial charge is 0.296 e. The number of nitrogens with zero attached hydrogens (tertiary/aromatic N) is 6. The Morgan fingerprint density at radius 2 is 1.91 bits per heavy atom. The van der Waals surface area contributed by atoms with Crippen molar-refractivity contribution in [1.29, 1.82) is 0 Å². The molecule has 0 saturated carbocycles. The van der Waals surface area contributed by atoms with E-state index in [1.807, 2.05) is 18.2 Å². The van der Waals surface area contributed by atoms with Gasteiger partial charge in [0.1, 0.15) is 11.4 Å². The highest BCUT2D eigenvalue weighted by Crippen LogP contribution is 2.28. The Morgan fingerprint density at radius 3 is 2.61 bits per heavy atom. The van der Waals surface area contributed by atoms with Crippen LogP contribution in [0.1, 0.15) is 11.3 Å². The van der Waals surface area contributed by atoms with Crippen LogP contribution in [-0.4, -0.2) is 42.4 Å². The third-order valence-electron chi connectivity index (χ3n) is 5.07. The average molecular weight is 466 g/mol. The number of carbonyl (C=O) groups excluding carboxylic acids is 1. The predicted molar refractivity (Wildman–Crippen MR) is 125 cm³/mol. The van der Waals surface area contributed by atoms with E-state index in [0.29, 0.717) is 11.4 Å². The Bertz CT molecular complexity index is 1380. The summed E-state index contributed by atoms with van der Waals surface area (Å²) in [6, 6.07) is 12.6. The molecule has 1 aliphatic rings. The molecule has 2 aromatic carbocycles. The van der Waals surface area contributed by atoms with Gasteiger partial charge in [0.2, 0.25) is 5.91 Å². The van der Waals surface area contributed by atoms with Crippen molar-refractivity contribution < 1.29 is 14.8 Å². The van der Waals surface area contributed by atoms with Crippen LogP contribution in [0.5, 0.6) is 5.75 Å². The van der Waals surface area contributed by atoms with Crippen LogP contribution >= 0.6 is 11.8 Å². The second-order valence-corrected chi connectivity index (χ2v) is 8.00. The number of hydrogen-bond donors (Lipinski definition) is 1. The molecule has 0 aliphatic carbocycles. The summed E-state index contributed by atoms with van der Waals surface area (Å²) in [6.45, 7) is 1.73. The Labute approximate surface area is 191 Å². The lowest BCUT2D eigenvalue weighted by Gasteiger charge is -2.13. The lowest BCUT2D eigenvalue weighted by atomic mass is 10.2. The minimum absolute atomic E-state index is 0.0789. The van der Waals surface area contributed by atoms with E-state index in [4.69, 9.17) is 0 Å². The molecule has 11 nitrogen and oxygen atoms in total. The number of amides is 1. The summed E-state index contributed by atoms with van der Waals surface area (Å²) in [5.41, 5.74) is 0.879. The Hall–Kier alpha value is -4.19. The van der Waals surface area contributed by atoms with Gasteiger partial charge in [0.15, 0.2) is 5.17 Å². The number of rotatable bonds is 5. The summed E-state index contributed by atoms with van der Waals surface area (Å²) in [5, 5.41) is 29.0. The molecule has 2 heterocycles. The van der Waals surface area contributed by atoms with Crippen molar-refractivity contribution in [3.63, 3.8) is 0 Å². The van der Waals surface area contributed by atoms with Gasteiger partial charge in [0.25, 0.3) is 11.2 Å².